The molecule has 24 heavy (non-hydrogen) atoms. The topological polar surface area (TPSA) is 76.8 Å². The van der Waals surface area contributed by atoms with Crippen molar-refractivity contribution in [3.05, 3.63) is 18.5 Å². The molecule has 1 N–H and O–H groups in total. The van der Waals surface area contributed by atoms with Crippen LogP contribution in [0.25, 0.3) is 0 Å². The molecular formula is C17H27N3O4. The van der Waals surface area contributed by atoms with Crippen molar-refractivity contribution in [3.63, 3.8) is 0 Å². The lowest BCUT2D eigenvalue weighted by Gasteiger charge is -2.43. The van der Waals surface area contributed by atoms with Gasteiger partial charge in [0.15, 0.2) is 0 Å². The molecule has 0 bridgehead atoms. The molecule has 0 amide bonds. The van der Waals surface area contributed by atoms with Crippen LogP contribution in [0, 0.1) is 0 Å². The molecular weight excluding hydrogens is 310 g/mol. The van der Waals surface area contributed by atoms with Crippen LogP contribution in [0.4, 0.5) is 0 Å². The Kier molecular flexibility index (Phi) is 5.53. The van der Waals surface area contributed by atoms with Crippen molar-refractivity contribution >= 4 is 5.97 Å². The SMILES string of the molecule is CO[C@@]12CC[C@H](OCC(=O)O)C[C@@H]1N(CCCn1cccn1)CC2. The average molecular weight is 337 g/mol. The molecule has 0 aromatic carbocycles. The largest absolute Gasteiger partial charge is 0.480 e. The van der Waals surface area contributed by atoms with Crippen molar-refractivity contribution in [2.45, 2.75) is 56.4 Å². The highest BCUT2D eigenvalue weighted by atomic mass is 16.5. The van der Waals surface area contributed by atoms with E-state index in [9.17, 15) is 4.79 Å². The fraction of sp³-hybridized carbons (Fsp3) is 0.765. The first-order valence-corrected chi connectivity index (χ1v) is 8.73. The monoisotopic (exact) mass is 337 g/mol. The highest BCUT2D eigenvalue weighted by Gasteiger charge is 2.50. The highest BCUT2D eigenvalue weighted by Crippen LogP contribution is 2.43. The first-order valence-electron chi connectivity index (χ1n) is 8.73. The van der Waals surface area contributed by atoms with Gasteiger partial charge in [-0.2, -0.15) is 5.10 Å². The minimum atomic E-state index is -0.902. The van der Waals surface area contributed by atoms with Crippen LogP contribution in [-0.4, -0.2) is 70.3 Å². The van der Waals surface area contributed by atoms with Crippen LogP contribution in [0.5, 0.6) is 0 Å². The molecule has 0 spiro atoms. The van der Waals surface area contributed by atoms with Crippen molar-refractivity contribution < 1.29 is 19.4 Å². The maximum absolute atomic E-state index is 10.7. The molecule has 2 fully saturated rings. The van der Waals surface area contributed by atoms with Gasteiger partial charge >= 0.3 is 5.97 Å². The van der Waals surface area contributed by atoms with E-state index in [1.807, 2.05) is 16.9 Å². The number of hydrogen-bond acceptors (Lipinski definition) is 5. The van der Waals surface area contributed by atoms with Crippen LogP contribution in [-0.2, 0) is 20.8 Å². The van der Waals surface area contributed by atoms with Gasteiger partial charge in [-0.15, -0.1) is 0 Å². The summed E-state index contributed by atoms with van der Waals surface area (Å²) in [4.78, 5) is 13.2. The Bertz CT molecular complexity index is 536. The van der Waals surface area contributed by atoms with Gasteiger partial charge in [-0.25, -0.2) is 4.79 Å². The molecule has 1 aliphatic carbocycles. The average Bonchev–Trinajstić information content (AvgIpc) is 3.21. The van der Waals surface area contributed by atoms with Gasteiger partial charge < -0.3 is 14.6 Å². The predicted octanol–water partition coefficient (Wildman–Crippen LogP) is 1.39. The van der Waals surface area contributed by atoms with Crippen LogP contribution in [0.1, 0.15) is 32.1 Å². The maximum Gasteiger partial charge on any atom is 0.329 e. The highest BCUT2D eigenvalue weighted by molar-refractivity contribution is 5.68. The van der Waals surface area contributed by atoms with Gasteiger partial charge in [0.2, 0.25) is 0 Å². The minimum Gasteiger partial charge on any atom is -0.480 e. The number of aryl methyl sites for hydroxylation is 1. The van der Waals surface area contributed by atoms with E-state index < -0.39 is 5.97 Å². The number of carboxylic acids is 1. The molecule has 134 valence electrons. The summed E-state index contributed by atoms with van der Waals surface area (Å²) in [5.74, 6) is -0.902. The van der Waals surface area contributed by atoms with Crippen molar-refractivity contribution in [2.75, 3.05) is 26.8 Å². The number of fused-ring (bicyclic) bond motifs is 1. The van der Waals surface area contributed by atoms with Gasteiger partial charge in [-0.3, -0.25) is 9.58 Å². The number of rotatable bonds is 8. The Balaban J connectivity index is 1.55. The zero-order valence-corrected chi connectivity index (χ0v) is 14.3. The molecule has 1 aliphatic heterocycles. The van der Waals surface area contributed by atoms with Crippen molar-refractivity contribution in [3.8, 4) is 0 Å². The zero-order chi connectivity index (χ0) is 17.0. The summed E-state index contributed by atoms with van der Waals surface area (Å²) >= 11 is 0. The van der Waals surface area contributed by atoms with E-state index in [-0.39, 0.29) is 18.3 Å². The van der Waals surface area contributed by atoms with Crippen LogP contribution in [0.2, 0.25) is 0 Å². The van der Waals surface area contributed by atoms with E-state index in [4.69, 9.17) is 14.6 Å². The Morgan fingerprint density at radius 1 is 1.42 bits per heavy atom. The van der Waals surface area contributed by atoms with Crippen LogP contribution in [0.15, 0.2) is 18.5 Å². The van der Waals surface area contributed by atoms with Crippen molar-refractivity contribution in [1.29, 1.82) is 0 Å². The summed E-state index contributed by atoms with van der Waals surface area (Å²) in [5.41, 5.74) is -0.0885. The van der Waals surface area contributed by atoms with E-state index in [0.29, 0.717) is 6.04 Å². The number of hydrogen-bond donors (Lipinski definition) is 1. The number of carbonyl (C=O) groups is 1. The van der Waals surface area contributed by atoms with E-state index in [0.717, 1.165) is 51.7 Å². The third kappa shape index (κ3) is 3.79. The van der Waals surface area contributed by atoms with Crippen LogP contribution < -0.4 is 0 Å². The van der Waals surface area contributed by atoms with Gasteiger partial charge in [-0.1, -0.05) is 0 Å². The molecule has 0 unspecified atom stereocenters. The normalized spacial score (nSPS) is 30.4. The number of aromatic nitrogens is 2. The Labute approximate surface area is 142 Å². The summed E-state index contributed by atoms with van der Waals surface area (Å²) in [7, 11) is 1.80. The van der Waals surface area contributed by atoms with Crippen LogP contribution in [0.3, 0.4) is 0 Å². The zero-order valence-electron chi connectivity index (χ0n) is 14.3. The van der Waals surface area contributed by atoms with Gasteiger partial charge in [0.25, 0.3) is 0 Å². The Hall–Kier alpha value is -1.44. The number of nitrogens with zero attached hydrogens (tertiary/aromatic N) is 3. The van der Waals surface area contributed by atoms with Gasteiger partial charge in [0.05, 0.1) is 11.7 Å². The van der Waals surface area contributed by atoms with Gasteiger partial charge in [-0.05, 0) is 38.2 Å². The molecule has 7 heteroatoms. The van der Waals surface area contributed by atoms with E-state index in [2.05, 4.69) is 10.00 Å². The molecule has 1 saturated carbocycles. The van der Waals surface area contributed by atoms with E-state index in [1.54, 1.807) is 13.3 Å². The second-order valence-corrected chi connectivity index (χ2v) is 6.79. The van der Waals surface area contributed by atoms with Gasteiger partial charge in [0.1, 0.15) is 6.61 Å². The molecule has 1 aromatic heterocycles. The second kappa shape index (κ2) is 7.63. The van der Waals surface area contributed by atoms with E-state index in [1.165, 1.54) is 0 Å². The van der Waals surface area contributed by atoms with Crippen molar-refractivity contribution in [1.82, 2.24) is 14.7 Å². The maximum atomic E-state index is 10.7. The second-order valence-electron chi connectivity index (χ2n) is 6.79. The quantitative estimate of drug-likeness (QED) is 0.772. The first kappa shape index (κ1) is 17.4. The summed E-state index contributed by atoms with van der Waals surface area (Å²) in [6, 6.07) is 2.25. The summed E-state index contributed by atoms with van der Waals surface area (Å²) in [6.45, 7) is 2.73. The molecule has 1 saturated heterocycles. The smallest absolute Gasteiger partial charge is 0.329 e. The van der Waals surface area contributed by atoms with Crippen LogP contribution >= 0.6 is 0 Å². The summed E-state index contributed by atoms with van der Waals surface area (Å²) in [6.07, 6.45) is 8.55. The lowest BCUT2D eigenvalue weighted by Crippen LogP contribution is -2.52. The molecule has 7 nitrogen and oxygen atoms in total. The molecule has 1 aromatic rings. The van der Waals surface area contributed by atoms with Gasteiger partial charge in [0, 0.05) is 45.2 Å². The number of methoxy groups -OCH3 is 1. The lowest BCUT2D eigenvalue weighted by molar-refractivity contribution is -0.148. The molecule has 0 radical (unpaired) electrons. The predicted molar refractivity (Wildman–Crippen MR) is 87.8 cm³/mol. The number of aliphatic carboxylic acids is 1. The number of likely N-dealkylation sites (tertiary alicyclic amines) is 1. The van der Waals surface area contributed by atoms with Crippen molar-refractivity contribution in [2.24, 2.45) is 0 Å². The minimum absolute atomic E-state index is 0.0149. The summed E-state index contributed by atoms with van der Waals surface area (Å²) < 4.78 is 13.4. The Morgan fingerprint density at radius 2 is 2.29 bits per heavy atom. The third-order valence-corrected chi connectivity index (χ3v) is 5.49. The molecule has 2 heterocycles. The Morgan fingerprint density at radius 3 is 3.00 bits per heavy atom. The standard InChI is InChI=1S/C17H27N3O4/c1-23-17-5-4-14(24-13-16(21)22)12-15(17)19(11-6-17)8-3-10-20-9-2-7-18-20/h2,7,9,14-15H,3-6,8,10-13H2,1H3,(H,21,22)/t14-,15-,17+/m0/s1. The number of ether oxygens (including phenoxy) is 2. The lowest BCUT2D eigenvalue weighted by atomic mass is 9.79. The number of carboxylic acid groups (broad SMARTS) is 1. The molecule has 3 atom stereocenters. The molecule has 2 aliphatic rings. The third-order valence-electron chi connectivity index (χ3n) is 5.49. The fourth-order valence-electron chi connectivity index (χ4n) is 4.23. The fourth-order valence-corrected chi connectivity index (χ4v) is 4.23. The molecule has 3 rings (SSSR count). The first-order chi connectivity index (χ1) is 11.6. The summed E-state index contributed by atoms with van der Waals surface area (Å²) in [5, 5.41) is 13.1. The van der Waals surface area contributed by atoms with E-state index >= 15 is 0 Å².